The number of halogens is 1. The van der Waals surface area contributed by atoms with Gasteiger partial charge in [0.1, 0.15) is 5.84 Å². The zero-order valence-electron chi connectivity index (χ0n) is 7.63. The first kappa shape index (κ1) is 10.1. The second-order valence-corrected chi connectivity index (χ2v) is 3.80. The standard InChI is InChI=1S/C9H12BrN3/c1-13(2)7-5-3-4-6(10)8(7)9(11)12/h3-5H,1-2H3,(H3,11,12). The van der Waals surface area contributed by atoms with Crippen molar-refractivity contribution >= 4 is 27.5 Å². The van der Waals surface area contributed by atoms with Gasteiger partial charge in [0.05, 0.1) is 5.56 Å². The van der Waals surface area contributed by atoms with Gasteiger partial charge >= 0.3 is 0 Å². The minimum atomic E-state index is 0.0798. The second kappa shape index (κ2) is 3.79. The van der Waals surface area contributed by atoms with Crippen LogP contribution in [0.25, 0.3) is 0 Å². The molecule has 3 N–H and O–H groups in total. The predicted molar refractivity (Wildman–Crippen MR) is 59.5 cm³/mol. The molecular weight excluding hydrogens is 230 g/mol. The summed E-state index contributed by atoms with van der Waals surface area (Å²) in [6, 6.07) is 5.73. The van der Waals surface area contributed by atoms with Gasteiger partial charge in [-0.25, -0.2) is 0 Å². The van der Waals surface area contributed by atoms with Gasteiger partial charge in [-0.2, -0.15) is 0 Å². The van der Waals surface area contributed by atoms with Crippen LogP contribution < -0.4 is 10.6 Å². The van der Waals surface area contributed by atoms with Crippen molar-refractivity contribution in [1.82, 2.24) is 0 Å². The van der Waals surface area contributed by atoms with E-state index in [0.29, 0.717) is 0 Å². The molecule has 3 nitrogen and oxygen atoms in total. The molecule has 0 bridgehead atoms. The fraction of sp³-hybridized carbons (Fsp3) is 0.222. The average molecular weight is 242 g/mol. The molecule has 0 fully saturated rings. The van der Waals surface area contributed by atoms with Gasteiger partial charge in [-0.05, 0) is 28.1 Å². The third-order valence-corrected chi connectivity index (χ3v) is 2.40. The minimum Gasteiger partial charge on any atom is -0.384 e. The highest BCUT2D eigenvalue weighted by atomic mass is 79.9. The summed E-state index contributed by atoms with van der Waals surface area (Å²) < 4.78 is 0.853. The Morgan fingerprint density at radius 2 is 2.08 bits per heavy atom. The van der Waals surface area contributed by atoms with Gasteiger partial charge in [-0.3, -0.25) is 5.41 Å². The predicted octanol–water partition coefficient (Wildman–Crippen LogP) is 1.80. The zero-order valence-corrected chi connectivity index (χ0v) is 9.22. The summed E-state index contributed by atoms with van der Waals surface area (Å²) in [5, 5.41) is 7.43. The molecule has 0 heterocycles. The molecule has 70 valence electrons. The Morgan fingerprint density at radius 3 is 2.46 bits per heavy atom. The highest BCUT2D eigenvalue weighted by Gasteiger charge is 2.10. The Balaban J connectivity index is 3.34. The third kappa shape index (κ3) is 2.01. The van der Waals surface area contributed by atoms with Crippen LogP contribution in [0.4, 0.5) is 5.69 Å². The summed E-state index contributed by atoms with van der Waals surface area (Å²) in [5.74, 6) is 0.0798. The molecule has 0 amide bonds. The molecule has 0 aliphatic carbocycles. The van der Waals surface area contributed by atoms with Crippen LogP contribution in [0, 0.1) is 5.41 Å². The fourth-order valence-electron chi connectivity index (χ4n) is 1.15. The summed E-state index contributed by atoms with van der Waals surface area (Å²) in [4.78, 5) is 1.93. The minimum absolute atomic E-state index is 0.0798. The summed E-state index contributed by atoms with van der Waals surface area (Å²) in [6.07, 6.45) is 0. The van der Waals surface area contributed by atoms with Crippen molar-refractivity contribution in [2.75, 3.05) is 19.0 Å². The number of amidine groups is 1. The van der Waals surface area contributed by atoms with Gasteiger partial charge in [0.25, 0.3) is 0 Å². The molecule has 0 atom stereocenters. The molecule has 0 aliphatic heterocycles. The molecular formula is C9H12BrN3. The van der Waals surface area contributed by atoms with Crippen molar-refractivity contribution in [2.45, 2.75) is 0 Å². The smallest absolute Gasteiger partial charge is 0.126 e. The van der Waals surface area contributed by atoms with Crippen LogP contribution in [0.2, 0.25) is 0 Å². The van der Waals surface area contributed by atoms with Gasteiger partial charge in [0.2, 0.25) is 0 Å². The Morgan fingerprint density at radius 1 is 1.46 bits per heavy atom. The Labute approximate surface area is 86.2 Å². The number of benzene rings is 1. The zero-order chi connectivity index (χ0) is 10.0. The number of nitrogen functional groups attached to an aromatic ring is 1. The van der Waals surface area contributed by atoms with E-state index in [1.54, 1.807) is 0 Å². The number of hydrogen-bond donors (Lipinski definition) is 2. The highest BCUT2D eigenvalue weighted by molar-refractivity contribution is 9.10. The first-order chi connectivity index (χ1) is 6.04. The number of anilines is 1. The molecule has 0 spiro atoms. The first-order valence-electron chi connectivity index (χ1n) is 3.84. The first-order valence-corrected chi connectivity index (χ1v) is 4.63. The molecule has 0 aliphatic rings. The van der Waals surface area contributed by atoms with Crippen LogP contribution in [0.1, 0.15) is 5.56 Å². The van der Waals surface area contributed by atoms with Crippen molar-refractivity contribution in [3.05, 3.63) is 28.2 Å². The van der Waals surface area contributed by atoms with Gasteiger partial charge in [-0.15, -0.1) is 0 Å². The quantitative estimate of drug-likeness (QED) is 0.613. The highest BCUT2D eigenvalue weighted by Crippen LogP contribution is 2.25. The maximum atomic E-state index is 7.43. The summed E-state index contributed by atoms with van der Waals surface area (Å²) in [6.45, 7) is 0. The Kier molecular flexibility index (Phi) is 2.93. The van der Waals surface area contributed by atoms with Gasteiger partial charge < -0.3 is 10.6 Å². The van der Waals surface area contributed by atoms with E-state index in [1.165, 1.54) is 0 Å². The van der Waals surface area contributed by atoms with E-state index in [4.69, 9.17) is 11.1 Å². The molecule has 1 rings (SSSR count). The molecule has 0 saturated carbocycles. The number of hydrogen-bond acceptors (Lipinski definition) is 2. The number of nitrogens with two attached hydrogens (primary N) is 1. The number of nitrogens with zero attached hydrogens (tertiary/aromatic N) is 1. The van der Waals surface area contributed by atoms with Crippen LogP contribution in [-0.4, -0.2) is 19.9 Å². The Hall–Kier alpha value is -1.03. The molecule has 0 unspecified atom stereocenters. The van der Waals surface area contributed by atoms with Crippen LogP contribution in [-0.2, 0) is 0 Å². The summed E-state index contributed by atoms with van der Waals surface area (Å²) in [5.41, 5.74) is 7.17. The molecule has 0 aromatic heterocycles. The SMILES string of the molecule is CN(C)c1cccc(Br)c1C(=N)N. The van der Waals surface area contributed by atoms with Crippen molar-refractivity contribution in [2.24, 2.45) is 5.73 Å². The molecule has 4 heteroatoms. The van der Waals surface area contributed by atoms with E-state index in [-0.39, 0.29) is 5.84 Å². The molecule has 1 aromatic carbocycles. The van der Waals surface area contributed by atoms with Crippen LogP contribution >= 0.6 is 15.9 Å². The van der Waals surface area contributed by atoms with Crippen molar-refractivity contribution in [1.29, 1.82) is 5.41 Å². The second-order valence-electron chi connectivity index (χ2n) is 2.94. The number of nitrogens with one attached hydrogen (secondary N) is 1. The van der Waals surface area contributed by atoms with E-state index in [1.807, 2.05) is 37.2 Å². The largest absolute Gasteiger partial charge is 0.384 e. The molecule has 0 radical (unpaired) electrons. The van der Waals surface area contributed by atoms with Crippen LogP contribution in [0.15, 0.2) is 22.7 Å². The Bertz CT molecular complexity index is 334. The summed E-state index contributed by atoms with van der Waals surface area (Å²) >= 11 is 3.37. The van der Waals surface area contributed by atoms with E-state index < -0.39 is 0 Å². The van der Waals surface area contributed by atoms with Crippen molar-refractivity contribution < 1.29 is 0 Å². The topological polar surface area (TPSA) is 53.1 Å². The van der Waals surface area contributed by atoms with Crippen molar-refractivity contribution in [3.63, 3.8) is 0 Å². The maximum Gasteiger partial charge on any atom is 0.126 e. The van der Waals surface area contributed by atoms with Crippen LogP contribution in [0.5, 0.6) is 0 Å². The van der Waals surface area contributed by atoms with Gasteiger partial charge in [0.15, 0.2) is 0 Å². The van der Waals surface area contributed by atoms with Crippen LogP contribution in [0.3, 0.4) is 0 Å². The van der Waals surface area contributed by atoms with Gasteiger partial charge in [0, 0.05) is 24.3 Å². The molecule has 1 aromatic rings. The summed E-state index contributed by atoms with van der Waals surface area (Å²) in [7, 11) is 3.85. The lowest BCUT2D eigenvalue weighted by atomic mass is 10.1. The normalized spacial score (nSPS) is 9.77. The van der Waals surface area contributed by atoms with E-state index in [0.717, 1.165) is 15.7 Å². The van der Waals surface area contributed by atoms with Gasteiger partial charge in [-0.1, -0.05) is 6.07 Å². The lowest BCUT2D eigenvalue weighted by Crippen LogP contribution is -2.19. The number of rotatable bonds is 2. The van der Waals surface area contributed by atoms with E-state index in [2.05, 4.69) is 15.9 Å². The fourth-order valence-corrected chi connectivity index (χ4v) is 1.72. The van der Waals surface area contributed by atoms with E-state index in [9.17, 15) is 0 Å². The monoisotopic (exact) mass is 241 g/mol. The molecule has 13 heavy (non-hydrogen) atoms. The van der Waals surface area contributed by atoms with Crippen molar-refractivity contribution in [3.8, 4) is 0 Å². The third-order valence-electron chi connectivity index (χ3n) is 1.74. The maximum absolute atomic E-state index is 7.43. The van der Waals surface area contributed by atoms with E-state index >= 15 is 0 Å². The lowest BCUT2D eigenvalue weighted by molar-refractivity contribution is 1.12. The molecule has 0 saturated heterocycles. The lowest BCUT2D eigenvalue weighted by Gasteiger charge is -2.17. The average Bonchev–Trinajstić information content (AvgIpc) is 2.02.